The second kappa shape index (κ2) is 19.1. The van der Waals surface area contributed by atoms with E-state index in [1.165, 1.54) is 16.7 Å². The van der Waals surface area contributed by atoms with Gasteiger partial charge in [-0.3, -0.25) is 0 Å². The summed E-state index contributed by atoms with van der Waals surface area (Å²) in [5.41, 5.74) is 4.16. The highest BCUT2D eigenvalue weighted by Crippen LogP contribution is 2.16. The number of alkyl carbamates (subject to hydrolysis) is 1. The number of hydrogen-bond acceptors (Lipinski definition) is 5. The van der Waals surface area contributed by atoms with Crippen LogP contribution >= 0.6 is 0 Å². The first-order valence-corrected chi connectivity index (χ1v) is 13.9. The largest absolute Gasteiger partial charge is 0.500 e. The van der Waals surface area contributed by atoms with Crippen LogP contribution in [-0.4, -0.2) is 48.4 Å². The molecule has 0 aliphatic rings. The molecular weight excluding hydrogens is 422 g/mol. The van der Waals surface area contributed by atoms with Gasteiger partial charge in [0.15, 0.2) is 0 Å². The van der Waals surface area contributed by atoms with Crippen LogP contribution in [0.2, 0.25) is 6.04 Å². The molecule has 186 valence electrons. The fourth-order valence-electron chi connectivity index (χ4n) is 3.19. The topological polar surface area (TPSA) is 66.0 Å². The highest BCUT2D eigenvalue weighted by molar-refractivity contribution is 6.60. The van der Waals surface area contributed by atoms with Gasteiger partial charge >= 0.3 is 14.9 Å². The zero-order valence-corrected chi connectivity index (χ0v) is 22.6. The number of hydrogen-bond donors (Lipinski definition) is 1. The molecule has 0 heterocycles. The van der Waals surface area contributed by atoms with E-state index in [4.69, 9.17) is 18.0 Å². The minimum Gasteiger partial charge on any atom is -0.449 e. The van der Waals surface area contributed by atoms with Gasteiger partial charge in [0.25, 0.3) is 0 Å². The minimum absolute atomic E-state index is 0.384. The number of allylic oxidation sites excluding steroid dienone is 5. The molecule has 32 heavy (non-hydrogen) atoms. The fraction of sp³-hybridized carbons (Fsp3) is 0.720. The van der Waals surface area contributed by atoms with Crippen molar-refractivity contribution < 1.29 is 22.8 Å². The van der Waals surface area contributed by atoms with Crippen LogP contribution in [0.25, 0.3) is 0 Å². The molecule has 1 N–H and O–H groups in total. The van der Waals surface area contributed by atoms with E-state index in [0.717, 1.165) is 38.5 Å². The van der Waals surface area contributed by atoms with Crippen molar-refractivity contribution in [2.24, 2.45) is 0 Å². The van der Waals surface area contributed by atoms with E-state index in [0.29, 0.717) is 32.4 Å². The lowest BCUT2D eigenvalue weighted by Crippen LogP contribution is -2.45. The third-order valence-electron chi connectivity index (χ3n) is 4.94. The molecular formula is C25H47NO5Si. The number of carbonyl (C=O) groups excluding carboxylic acids is 1. The first kappa shape index (κ1) is 30.6. The number of nitrogens with one attached hydrogen (secondary N) is 1. The van der Waals surface area contributed by atoms with Crippen LogP contribution in [-0.2, 0) is 18.0 Å². The Kier molecular flexibility index (Phi) is 18.2. The van der Waals surface area contributed by atoms with Gasteiger partial charge < -0.3 is 23.3 Å². The van der Waals surface area contributed by atoms with Crippen molar-refractivity contribution in [2.45, 2.75) is 86.1 Å². The van der Waals surface area contributed by atoms with Crippen molar-refractivity contribution >= 4 is 14.9 Å². The predicted octanol–water partition coefficient (Wildman–Crippen LogP) is 6.57. The molecule has 0 saturated heterocycles. The van der Waals surface area contributed by atoms with E-state index in [9.17, 15) is 4.79 Å². The Morgan fingerprint density at radius 3 is 1.97 bits per heavy atom. The van der Waals surface area contributed by atoms with Gasteiger partial charge in [-0.15, -0.1) is 0 Å². The maximum absolute atomic E-state index is 11.9. The second-order valence-electron chi connectivity index (χ2n) is 8.17. The van der Waals surface area contributed by atoms with Gasteiger partial charge in [-0.05, 0) is 80.1 Å². The summed E-state index contributed by atoms with van der Waals surface area (Å²) >= 11 is 0. The van der Waals surface area contributed by atoms with Gasteiger partial charge in [-0.25, -0.2) is 4.79 Å². The van der Waals surface area contributed by atoms with Crippen LogP contribution in [0.5, 0.6) is 0 Å². The highest BCUT2D eigenvalue weighted by atomic mass is 28.4. The van der Waals surface area contributed by atoms with E-state index in [1.807, 2.05) is 13.8 Å². The van der Waals surface area contributed by atoms with Gasteiger partial charge in [0.1, 0.15) is 0 Å². The van der Waals surface area contributed by atoms with Crippen molar-refractivity contribution in [3.05, 3.63) is 34.9 Å². The molecule has 0 spiro atoms. The van der Waals surface area contributed by atoms with Gasteiger partial charge in [-0.2, -0.15) is 0 Å². The number of amides is 1. The van der Waals surface area contributed by atoms with Gasteiger partial charge in [0.2, 0.25) is 0 Å². The average molecular weight is 470 g/mol. The van der Waals surface area contributed by atoms with Crippen LogP contribution in [0.3, 0.4) is 0 Å². The second-order valence-corrected chi connectivity index (χ2v) is 11.0. The molecule has 0 bridgehead atoms. The lowest BCUT2D eigenvalue weighted by atomic mass is 10.1. The van der Waals surface area contributed by atoms with Crippen molar-refractivity contribution in [2.75, 3.05) is 33.5 Å². The van der Waals surface area contributed by atoms with E-state index in [-0.39, 0.29) is 6.09 Å². The maximum Gasteiger partial charge on any atom is 0.500 e. The number of carbonyl (C=O) groups is 1. The molecule has 0 fully saturated rings. The Hall–Kier alpha value is -1.41. The first-order chi connectivity index (χ1) is 15.3. The van der Waals surface area contributed by atoms with Crippen LogP contribution in [0.4, 0.5) is 4.79 Å². The highest BCUT2D eigenvalue weighted by Gasteiger charge is 2.38. The summed E-state index contributed by atoms with van der Waals surface area (Å²) in [4.78, 5) is 11.9. The number of ether oxygens (including phenoxy) is 1. The molecule has 7 heteroatoms. The Bertz CT molecular complexity index is 591. The molecule has 0 aliphatic heterocycles. The van der Waals surface area contributed by atoms with Gasteiger partial charge in [0, 0.05) is 32.9 Å². The lowest BCUT2D eigenvalue weighted by Gasteiger charge is -2.27. The monoisotopic (exact) mass is 469 g/mol. The first-order valence-electron chi connectivity index (χ1n) is 12.0. The van der Waals surface area contributed by atoms with Crippen molar-refractivity contribution in [1.29, 1.82) is 0 Å². The fourth-order valence-corrected chi connectivity index (χ4v) is 5.49. The summed E-state index contributed by atoms with van der Waals surface area (Å²) in [5, 5.41) is 2.78. The Morgan fingerprint density at radius 2 is 1.44 bits per heavy atom. The molecule has 0 aliphatic carbocycles. The van der Waals surface area contributed by atoms with E-state index in [2.05, 4.69) is 51.2 Å². The Morgan fingerprint density at radius 1 is 0.875 bits per heavy atom. The van der Waals surface area contributed by atoms with Crippen LogP contribution in [0.1, 0.15) is 80.1 Å². The predicted molar refractivity (Wildman–Crippen MR) is 135 cm³/mol. The molecule has 0 aromatic heterocycles. The average Bonchev–Trinajstić information content (AvgIpc) is 2.74. The molecule has 0 aromatic carbocycles. The molecule has 0 aromatic rings. The normalized spacial score (nSPS) is 12.6. The quantitative estimate of drug-likeness (QED) is 0.140. The molecule has 0 atom stereocenters. The Balaban J connectivity index is 4.01. The van der Waals surface area contributed by atoms with E-state index in [1.54, 1.807) is 7.11 Å². The summed E-state index contributed by atoms with van der Waals surface area (Å²) in [6, 6.07) is 0.663. The third-order valence-corrected chi connectivity index (χ3v) is 7.98. The molecule has 0 unspecified atom stereocenters. The summed E-state index contributed by atoms with van der Waals surface area (Å²) in [6.07, 6.45) is 12.2. The van der Waals surface area contributed by atoms with E-state index >= 15 is 0 Å². The molecule has 0 rings (SSSR count). The SMILES string of the molecule is CCO[Si](CCCNC(=O)OCCC=C(C)CCC=C(C)CCC=C(C)C)(OC)OCC. The maximum atomic E-state index is 11.9. The third kappa shape index (κ3) is 16.3. The molecule has 0 saturated carbocycles. The van der Waals surface area contributed by atoms with Crippen LogP contribution in [0.15, 0.2) is 34.9 Å². The zero-order chi connectivity index (χ0) is 24.2. The van der Waals surface area contributed by atoms with Crippen LogP contribution < -0.4 is 5.32 Å². The summed E-state index contributed by atoms with van der Waals surface area (Å²) in [6.45, 7) is 14.5. The lowest BCUT2D eigenvalue weighted by molar-refractivity contribution is 0.0859. The number of rotatable bonds is 18. The summed E-state index contributed by atoms with van der Waals surface area (Å²) in [7, 11) is -0.999. The smallest absolute Gasteiger partial charge is 0.449 e. The van der Waals surface area contributed by atoms with Crippen molar-refractivity contribution in [3.63, 3.8) is 0 Å². The van der Waals surface area contributed by atoms with Crippen molar-refractivity contribution in [3.8, 4) is 0 Å². The minimum atomic E-state index is -2.62. The zero-order valence-electron chi connectivity index (χ0n) is 21.6. The van der Waals surface area contributed by atoms with Gasteiger partial charge in [-0.1, -0.05) is 34.9 Å². The van der Waals surface area contributed by atoms with Crippen molar-refractivity contribution in [1.82, 2.24) is 5.32 Å². The summed E-state index contributed by atoms with van der Waals surface area (Å²) in [5.74, 6) is 0. The summed E-state index contributed by atoms with van der Waals surface area (Å²) < 4.78 is 22.3. The Labute approximate surface area is 197 Å². The standard InChI is InChI=1S/C25H47NO5Si/c1-8-30-32(28-7,31-9-2)21-13-19-26-25(27)29-20-12-18-24(6)17-11-16-23(5)15-10-14-22(3)4/h14,16,18H,8-13,15,17,19-21H2,1-7H3,(H,26,27). The van der Waals surface area contributed by atoms with Crippen LogP contribution in [0, 0.1) is 0 Å². The molecule has 6 nitrogen and oxygen atoms in total. The van der Waals surface area contributed by atoms with E-state index < -0.39 is 8.80 Å². The molecule has 1 amide bonds. The molecule has 0 radical (unpaired) electrons. The van der Waals surface area contributed by atoms with Gasteiger partial charge in [0.05, 0.1) is 6.61 Å².